The van der Waals surface area contributed by atoms with Crippen LogP contribution < -0.4 is 0 Å². The molecule has 58 heavy (non-hydrogen) atoms. The smallest absolute Gasteiger partial charge is 0.165 e. The van der Waals surface area contributed by atoms with Crippen molar-refractivity contribution in [1.82, 2.24) is 19.1 Å². The molecule has 0 radical (unpaired) electrons. The van der Waals surface area contributed by atoms with Crippen molar-refractivity contribution < 1.29 is 4.42 Å². The molecular weight excluding hydrogens is 709 g/mol. The maximum atomic E-state index is 6.63. The molecule has 8 aromatic carbocycles. The van der Waals surface area contributed by atoms with E-state index in [9.17, 15) is 0 Å². The van der Waals surface area contributed by atoms with Gasteiger partial charge < -0.3 is 8.98 Å². The highest BCUT2D eigenvalue weighted by Crippen LogP contribution is 2.45. The molecule has 0 unspecified atom stereocenters. The molecule has 0 spiro atoms. The SMILES string of the molecule is C=C/C=C\c1c(C)c2ccccc2c2nc(-n3c4ccccc4c4c5c6ccccc6n(-c6cccc7c6oc6ccccc67)c5ccc43)c(-c3ccccc3)nc12. The van der Waals surface area contributed by atoms with E-state index < -0.39 is 0 Å². The number of aromatic nitrogens is 4. The fraction of sp³-hybridized carbons (Fsp3) is 0.0189. The summed E-state index contributed by atoms with van der Waals surface area (Å²) in [5, 5.41) is 9.12. The first kappa shape index (κ1) is 32.5. The van der Waals surface area contributed by atoms with Crippen LogP contribution in [0, 0.1) is 6.92 Å². The maximum Gasteiger partial charge on any atom is 0.165 e. The summed E-state index contributed by atoms with van der Waals surface area (Å²) >= 11 is 0. The third-order valence-electron chi connectivity index (χ3n) is 11.9. The summed E-state index contributed by atoms with van der Waals surface area (Å²) in [4.78, 5) is 11.3. The molecule has 0 fully saturated rings. The van der Waals surface area contributed by atoms with E-state index in [0.717, 1.165) is 105 Å². The van der Waals surface area contributed by atoms with Crippen LogP contribution >= 0.6 is 0 Å². The number of aryl methyl sites for hydroxylation is 1. The molecule has 272 valence electrons. The van der Waals surface area contributed by atoms with E-state index in [0.29, 0.717) is 0 Å². The average Bonchev–Trinajstić information content (AvgIpc) is 3.94. The van der Waals surface area contributed by atoms with Crippen LogP contribution in [0.2, 0.25) is 0 Å². The van der Waals surface area contributed by atoms with Crippen LogP contribution in [0.4, 0.5) is 0 Å². The number of allylic oxidation sites excluding steroid dienone is 2. The van der Waals surface area contributed by atoms with Crippen molar-refractivity contribution in [2.45, 2.75) is 6.92 Å². The molecule has 0 amide bonds. The third kappa shape index (κ3) is 4.47. The van der Waals surface area contributed by atoms with E-state index in [2.05, 4.69) is 168 Å². The molecule has 0 aliphatic heterocycles. The molecule has 0 atom stereocenters. The van der Waals surface area contributed by atoms with Crippen molar-refractivity contribution in [1.29, 1.82) is 0 Å². The van der Waals surface area contributed by atoms with Crippen LogP contribution in [-0.2, 0) is 0 Å². The lowest BCUT2D eigenvalue weighted by molar-refractivity contribution is 0.666. The minimum absolute atomic E-state index is 0.785. The Bertz CT molecular complexity index is 3710. The highest BCUT2D eigenvalue weighted by molar-refractivity contribution is 6.29. The standard InChI is InChI=1S/C53H34N4O/c1-3-4-19-35-32(2)34-20-8-9-22-37(34)51-50(35)54-49(33-17-6-5-7-18-33)53(55-51)57-42-27-14-11-24-40(42)48-44(57)31-30-43-47(48)39-23-10-13-26-41(39)56(43)45-28-16-25-38-36-21-12-15-29-46(36)58-52(38)45/h3-31H,1H2,2H3/b19-4-. The molecule has 4 heterocycles. The second kappa shape index (κ2) is 12.4. The quantitative estimate of drug-likeness (QED) is 0.130. The average molecular weight is 743 g/mol. The van der Waals surface area contributed by atoms with Crippen LogP contribution in [0.5, 0.6) is 0 Å². The number of rotatable bonds is 5. The molecule has 0 aliphatic rings. The molecule has 5 heteroatoms. The summed E-state index contributed by atoms with van der Waals surface area (Å²) < 4.78 is 11.3. The summed E-state index contributed by atoms with van der Waals surface area (Å²) in [6.07, 6.45) is 5.91. The third-order valence-corrected chi connectivity index (χ3v) is 11.9. The molecule has 0 bridgehead atoms. The van der Waals surface area contributed by atoms with Crippen LogP contribution in [0.3, 0.4) is 0 Å². The fourth-order valence-corrected chi connectivity index (χ4v) is 9.37. The van der Waals surface area contributed by atoms with Gasteiger partial charge in [0.05, 0.1) is 38.8 Å². The van der Waals surface area contributed by atoms with Gasteiger partial charge in [-0.2, -0.15) is 0 Å². The lowest BCUT2D eigenvalue weighted by Crippen LogP contribution is -2.05. The van der Waals surface area contributed by atoms with Gasteiger partial charge in [-0.3, -0.25) is 4.57 Å². The molecule has 0 aliphatic carbocycles. The second-order valence-electron chi connectivity index (χ2n) is 14.9. The van der Waals surface area contributed by atoms with E-state index in [-0.39, 0.29) is 0 Å². The van der Waals surface area contributed by atoms with Crippen molar-refractivity contribution >= 4 is 93.4 Å². The molecule has 12 rings (SSSR count). The largest absolute Gasteiger partial charge is 0.454 e. The lowest BCUT2D eigenvalue weighted by atomic mass is 9.96. The summed E-state index contributed by atoms with van der Waals surface area (Å²) in [6, 6.07) is 55.7. The van der Waals surface area contributed by atoms with E-state index in [1.807, 2.05) is 30.4 Å². The normalized spacial score (nSPS) is 12.2. The molecular formula is C53H34N4O. The van der Waals surface area contributed by atoms with E-state index in [4.69, 9.17) is 14.4 Å². The zero-order valence-electron chi connectivity index (χ0n) is 31.6. The molecule has 0 N–H and O–H groups in total. The number of benzene rings is 8. The van der Waals surface area contributed by atoms with Gasteiger partial charge in [-0.1, -0.05) is 146 Å². The minimum atomic E-state index is 0.785. The molecule has 0 saturated carbocycles. The highest BCUT2D eigenvalue weighted by atomic mass is 16.3. The Labute approximate surface area is 333 Å². The predicted octanol–water partition coefficient (Wildman–Crippen LogP) is 14.1. The van der Waals surface area contributed by atoms with Crippen molar-refractivity contribution in [3.05, 3.63) is 188 Å². The first-order valence-corrected chi connectivity index (χ1v) is 19.6. The van der Waals surface area contributed by atoms with Gasteiger partial charge in [-0.15, -0.1) is 0 Å². The number of fused-ring (bicyclic) bond motifs is 13. The van der Waals surface area contributed by atoms with Gasteiger partial charge in [0.15, 0.2) is 11.4 Å². The first-order valence-electron chi connectivity index (χ1n) is 19.6. The van der Waals surface area contributed by atoms with Gasteiger partial charge in [0.25, 0.3) is 0 Å². The topological polar surface area (TPSA) is 48.8 Å². The Hall–Kier alpha value is -7.76. The minimum Gasteiger partial charge on any atom is -0.454 e. The molecule has 5 nitrogen and oxygen atoms in total. The van der Waals surface area contributed by atoms with Crippen molar-refractivity contribution in [2.24, 2.45) is 0 Å². The van der Waals surface area contributed by atoms with Crippen molar-refractivity contribution in [2.75, 3.05) is 0 Å². The van der Waals surface area contributed by atoms with Gasteiger partial charge in [0.2, 0.25) is 0 Å². The number of hydrogen-bond acceptors (Lipinski definition) is 3. The first-order chi connectivity index (χ1) is 28.7. The predicted molar refractivity (Wildman–Crippen MR) is 242 cm³/mol. The van der Waals surface area contributed by atoms with Crippen LogP contribution in [0.1, 0.15) is 11.1 Å². The molecule has 0 saturated heterocycles. The van der Waals surface area contributed by atoms with Crippen molar-refractivity contribution in [3.8, 4) is 22.8 Å². The Balaban J connectivity index is 1.24. The van der Waals surface area contributed by atoms with Gasteiger partial charge in [-0.25, -0.2) is 9.97 Å². The molecule has 12 aromatic rings. The van der Waals surface area contributed by atoms with E-state index >= 15 is 0 Å². The van der Waals surface area contributed by atoms with Gasteiger partial charge in [0, 0.05) is 48.8 Å². The lowest BCUT2D eigenvalue weighted by Gasteiger charge is -2.17. The Morgan fingerprint density at radius 1 is 0.517 bits per heavy atom. The zero-order chi connectivity index (χ0) is 38.5. The van der Waals surface area contributed by atoms with Gasteiger partial charge in [-0.05, 0) is 54.3 Å². The number of nitrogens with zero attached hydrogens (tertiary/aromatic N) is 4. The maximum absolute atomic E-state index is 6.63. The van der Waals surface area contributed by atoms with Crippen LogP contribution in [-0.4, -0.2) is 19.1 Å². The number of hydrogen-bond donors (Lipinski definition) is 0. The van der Waals surface area contributed by atoms with E-state index in [1.165, 1.54) is 16.2 Å². The monoisotopic (exact) mass is 742 g/mol. The number of para-hydroxylation sites is 4. The van der Waals surface area contributed by atoms with Gasteiger partial charge in [0.1, 0.15) is 11.3 Å². The second-order valence-corrected chi connectivity index (χ2v) is 14.9. The van der Waals surface area contributed by atoms with Crippen molar-refractivity contribution in [3.63, 3.8) is 0 Å². The highest BCUT2D eigenvalue weighted by Gasteiger charge is 2.25. The fourth-order valence-electron chi connectivity index (χ4n) is 9.37. The van der Waals surface area contributed by atoms with Crippen LogP contribution in [0.25, 0.3) is 116 Å². The van der Waals surface area contributed by atoms with Gasteiger partial charge >= 0.3 is 0 Å². The summed E-state index contributed by atoms with van der Waals surface area (Å²) in [5.74, 6) is 0.785. The van der Waals surface area contributed by atoms with Crippen LogP contribution in [0.15, 0.2) is 181 Å². The molecule has 4 aromatic heterocycles. The number of furan rings is 1. The summed E-state index contributed by atoms with van der Waals surface area (Å²) in [6.45, 7) is 6.14. The Morgan fingerprint density at radius 3 is 1.86 bits per heavy atom. The zero-order valence-corrected chi connectivity index (χ0v) is 31.6. The summed E-state index contributed by atoms with van der Waals surface area (Å²) in [7, 11) is 0. The van der Waals surface area contributed by atoms with E-state index in [1.54, 1.807) is 0 Å². The Morgan fingerprint density at radius 2 is 1.12 bits per heavy atom. The Kier molecular flexibility index (Phi) is 6.93. The summed E-state index contributed by atoms with van der Waals surface area (Å²) in [5.41, 5.74) is 12.9.